The van der Waals surface area contributed by atoms with E-state index in [1.807, 2.05) is 6.92 Å². The van der Waals surface area contributed by atoms with E-state index in [1.54, 1.807) is 0 Å². The van der Waals surface area contributed by atoms with E-state index in [-0.39, 0.29) is 22.3 Å². The van der Waals surface area contributed by atoms with Crippen molar-refractivity contribution in [3.8, 4) is 5.75 Å². The molecule has 1 aromatic rings. The van der Waals surface area contributed by atoms with Crippen molar-refractivity contribution in [2.45, 2.75) is 77.5 Å². The van der Waals surface area contributed by atoms with Crippen molar-refractivity contribution in [3.63, 3.8) is 0 Å². The standard InChI is InChI=1S/C22H35FO3S/c1-17(8-6-5-7-13-22(2,3)4)16-27(24,25)19-11-12-20(23)21(14-19)26-15-18-9-10-18/h11-12,14,17-18H,5-10,13,15-16H2,1-4H3/t17-/m0/s1. The van der Waals surface area contributed by atoms with Crippen LogP contribution in [0.2, 0.25) is 0 Å². The van der Waals surface area contributed by atoms with Gasteiger partial charge in [0, 0.05) is 6.07 Å². The molecule has 0 saturated heterocycles. The van der Waals surface area contributed by atoms with Crippen molar-refractivity contribution < 1.29 is 17.5 Å². The fourth-order valence-corrected chi connectivity index (χ4v) is 4.83. The molecule has 0 N–H and O–H groups in total. The molecule has 1 aliphatic carbocycles. The summed E-state index contributed by atoms with van der Waals surface area (Å²) in [7, 11) is -3.43. The van der Waals surface area contributed by atoms with Gasteiger partial charge in [0.25, 0.3) is 0 Å². The molecule has 0 aromatic heterocycles. The Labute approximate surface area is 164 Å². The highest BCUT2D eigenvalue weighted by Gasteiger charge is 2.24. The van der Waals surface area contributed by atoms with Gasteiger partial charge in [0.15, 0.2) is 21.4 Å². The Hall–Kier alpha value is -1.10. The Bertz CT molecular complexity index is 703. The first-order valence-corrected chi connectivity index (χ1v) is 11.9. The van der Waals surface area contributed by atoms with Crippen LogP contribution in [0.1, 0.15) is 72.6 Å². The van der Waals surface area contributed by atoms with Gasteiger partial charge in [-0.15, -0.1) is 0 Å². The minimum Gasteiger partial charge on any atom is -0.490 e. The van der Waals surface area contributed by atoms with Crippen LogP contribution in [0, 0.1) is 23.1 Å². The highest BCUT2D eigenvalue weighted by Crippen LogP contribution is 2.31. The number of halogens is 1. The average molecular weight is 399 g/mol. The maximum atomic E-state index is 13.9. The van der Waals surface area contributed by atoms with Gasteiger partial charge in [-0.3, -0.25) is 0 Å². The number of rotatable bonds is 11. The third kappa shape index (κ3) is 8.20. The second-order valence-corrected chi connectivity index (χ2v) is 11.4. The fraction of sp³-hybridized carbons (Fsp3) is 0.727. The third-order valence-electron chi connectivity index (χ3n) is 5.06. The Morgan fingerprint density at radius 2 is 1.89 bits per heavy atom. The summed E-state index contributed by atoms with van der Waals surface area (Å²) >= 11 is 0. The smallest absolute Gasteiger partial charge is 0.178 e. The van der Waals surface area contributed by atoms with Crippen LogP contribution in [0.5, 0.6) is 5.75 Å². The largest absolute Gasteiger partial charge is 0.490 e. The molecule has 1 atom stereocenters. The fourth-order valence-electron chi connectivity index (χ4n) is 3.16. The first-order chi connectivity index (χ1) is 12.6. The van der Waals surface area contributed by atoms with Crippen LogP contribution >= 0.6 is 0 Å². The molecular formula is C22H35FO3S. The van der Waals surface area contributed by atoms with E-state index in [4.69, 9.17) is 4.74 Å². The van der Waals surface area contributed by atoms with Crippen LogP contribution in [0.25, 0.3) is 0 Å². The van der Waals surface area contributed by atoms with Gasteiger partial charge in [0.2, 0.25) is 0 Å². The van der Waals surface area contributed by atoms with Crippen molar-refractivity contribution in [2.75, 3.05) is 12.4 Å². The maximum absolute atomic E-state index is 13.9. The lowest BCUT2D eigenvalue weighted by Crippen LogP contribution is -2.15. The second kappa shape index (κ2) is 9.40. The Balaban J connectivity index is 1.84. The van der Waals surface area contributed by atoms with E-state index in [9.17, 15) is 12.8 Å². The van der Waals surface area contributed by atoms with Crippen molar-refractivity contribution in [1.29, 1.82) is 0 Å². The molecule has 0 radical (unpaired) electrons. The van der Waals surface area contributed by atoms with Gasteiger partial charge in [-0.25, -0.2) is 12.8 Å². The molecule has 0 unspecified atom stereocenters. The second-order valence-electron chi connectivity index (χ2n) is 9.39. The van der Waals surface area contributed by atoms with Crippen LogP contribution < -0.4 is 4.74 Å². The number of benzene rings is 1. The molecule has 0 bridgehead atoms. The molecule has 2 rings (SSSR count). The number of unbranched alkanes of at least 4 members (excludes halogenated alkanes) is 2. The van der Waals surface area contributed by atoms with Crippen molar-refractivity contribution in [2.24, 2.45) is 17.3 Å². The predicted octanol–water partition coefficient (Wildman–Crippen LogP) is 6.02. The molecule has 27 heavy (non-hydrogen) atoms. The molecule has 0 amide bonds. The lowest BCUT2D eigenvalue weighted by molar-refractivity contribution is 0.284. The van der Waals surface area contributed by atoms with Crippen molar-refractivity contribution in [3.05, 3.63) is 24.0 Å². The number of ether oxygens (including phenoxy) is 1. The Kier molecular flexibility index (Phi) is 7.73. The quantitative estimate of drug-likeness (QED) is 0.338. The highest BCUT2D eigenvalue weighted by molar-refractivity contribution is 7.91. The minimum atomic E-state index is -3.43. The molecule has 154 valence electrons. The number of sulfone groups is 1. The van der Waals surface area contributed by atoms with Gasteiger partial charge in [-0.2, -0.15) is 0 Å². The van der Waals surface area contributed by atoms with Gasteiger partial charge in [-0.05, 0) is 55.1 Å². The highest BCUT2D eigenvalue weighted by atomic mass is 32.2. The van der Waals surface area contributed by atoms with E-state index in [2.05, 4.69) is 20.8 Å². The lowest BCUT2D eigenvalue weighted by Gasteiger charge is -2.18. The molecule has 0 spiro atoms. The average Bonchev–Trinajstić information content (AvgIpc) is 3.36. The van der Waals surface area contributed by atoms with Crippen LogP contribution in [0.3, 0.4) is 0 Å². The zero-order valence-electron chi connectivity index (χ0n) is 17.3. The van der Waals surface area contributed by atoms with Gasteiger partial charge in [0.05, 0.1) is 17.3 Å². The van der Waals surface area contributed by atoms with E-state index >= 15 is 0 Å². The number of hydrogen-bond acceptors (Lipinski definition) is 3. The SMILES string of the molecule is C[C@@H](CCCCCC(C)(C)C)CS(=O)(=O)c1ccc(F)c(OCC2CC2)c1. The number of hydrogen-bond donors (Lipinski definition) is 0. The van der Waals surface area contributed by atoms with Gasteiger partial charge in [0.1, 0.15) is 0 Å². The molecule has 1 fully saturated rings. The van der Waals surface area contributed by atoms with Crippen LogP contribution in [0.4, 0.5) is 4.39 Å². The van der Waals surface area contributed by atoms with Gasteiger partial charge in [-0.1, -0.05) is 47.0 Å². The van der Waals surface area contributed by atoms with Crippen molar-refractivity contribution in [1.82, 2.24) is 0 Å². The Morgan fingerprint density at radius 3 is 2.52 bits per heavy atom. The van der Waals surface area contributed by atoms with E-state index in [0.717, 1.165) is 32.1 Å². The minimum absolute atomic E-state index is 0.0535. The van der Waals surface area contributed by atoms with Gasteiger partial charge < -0.3 is 4.74 Å². The molecule has 3 nitrogen and oxygen atoms in total. The summed E-state index contributed by atoms with van der Waals surface area (Å²) in [5.41, 5.74) is 0.358. The molecule has 1 saturated carbocycles. The summed E-state index contributed by atoms with van der Waals surface area (Å²) in [5, 5.41) is 0. The normalized spacial score (nSPS) is 16.3. The first-order valence-electron chi connectivity index (χ1n) is 10.2. The third-order valence-corrected chi connectivity index (χ3v) is 7.04. The summed E-state index contributed by atoms with van der Waals surface area (Å²) in [6.07, 6.45) is 7.67. The van der Waals surface area contributed by atoms with E-state index < -0.39 is 15.7 Å². The maximum Gasteiger partial charge on any atom is 0.178 e. The summed E-state index contributed by atoms with van der Waals surface area (Å²) in [4.78, 5) is 0.161. The summed E-state index contributed by atoms with van der Waals surface area (Å²) in [6.45, 7) is 9.18. The summed E-state index contributed by atoms with van der Waals surface area (Å²) < 4.78 is 44.8. The topological polar surface area (TPSA) is 43.4 Å². The van der Waals surface area contributed by atoms with Crippen LogP contribution in [0.15, 0.2) is 23.1 Å². The lowest BCUT2D eigenvalue weighted by atomic mass is 9.89. The molecule has 1 aliphatic rings. The molecular weight excluding hydrogens is 363 g/mol. The van der Waals surface area contributed by atoms with E-state index in [1.165, 1.54) is 31.0 Å². The van der Waals surface area contributed by atoms with Gasteiger partial charge >= 0.3 is 0 Å². The summed E-state index contributed by atoms with van der Waals surface area (Å²) in [5.74, 6) is 0.229. The van der Waals surface area contributed by atoms with Crippen molar-refractivity contribution >= 4 is 9.84 Å². The summed E-state index contributed by atoms with van der Waals surface area (Å²) in [6, 6.07) is 3.90. The Morgan fingerprint density at radius 1 is 1.19 bits per heavy atom. The first kappa shape index (κ1) is 22.2. The zero-order chi connectivity index (χ0) is 20.1. The molecule has 0 aliphatic heterocycles. The molecule has 0 heterocycles. The monoisotopic (exact) mass is 398 g/mol. The van der Waals surface area contributed by atoms with Crippen LogP contribution in [-0.2, 0) is 9.84 Å². The predicted molar refractivity (Wildman–Crippen MR) is 108 cm³/mol. The van der Waals surface area contributed by atoms with E-state index in [0.29, 0.717) is 17.9 Å². The molecule has 1 aromatic carbocycles. The zero-order valence-corrected chi connectivity index (χ0v) is 18.1. The van der Waals surface area contributed by atoms with Crippen LogP contribution in [-0.4, -0.2) is 20.8 Å². The molecule has 5 heteroatoms.